The standard InChI is InChI=1S/C17H19Cl2NO/c1-2-15(20)10-13-6-4-8-16(19)17(13)21-11-12-5-3-7-14(18)9-12/h3-9,15H,2,10-11,20H2,1H3. The van der Waals surface area contributed by atoms with Crippen molar-refractivity contribution in [2.45, 2.75) is 32.4 Å². The molecule has 0 spiro atoms. The predicted molar refractivity (Wildman–Crippen MR) is 89.2 cm³/mol. The molecule has 0 aliphatic heterocycles. The molecule has 21 heavy (non-hydrogen) atoms. The molecule has 0 fully saturated rings. The fourth-order valence-electron chi connectivity index (χ4n) is 2.08. The van der Waals surface area contributed by atoms with Crippen LogP contribution in [0.2, 0.25) is 10.0 Å². The molecule has 0 amide bonds. The van der Waals surface area contributed by atoms with Gasteiger partial charge in [-0.25, -0.2) is 0 Å². The molecule has 2 aromatic rings. The van der Waals surface area contributed by atoms with Crippen LogP contribution in [0.15, 0.2) is 42.5 Å². The van der Waals surface area contributed by atoms with E-state index < -0.39 is 0 Å². The molecule has 2 N–H and O–H groups in total. The van der Waals surface area contributed by atoms with Gasteiger partial charge in [0.1, 0.15) is 12.4 Å². The van der Waals surface area contributed by atoms with Gasteiger partial charge in [0, 0.05) is 11.1 Å². The number of benzene rings is 2. The van der Waals surface area contributed by atoms with E-state index in [1.807, 2.05) is 42.5 Å². The van der Waals surface area contributed by atoms with Gasteiger partial charge in [-0.15, -0.1) is 0 Å². The Bertz CT molecular complexity index is 601. The molecule has 0 aliphatic carbocycles. The Kier molecular flexibility index (Phi) is 5.92. The predicted octanol–water partition coefficient (Wildman–Crippen LogP) is 4.85. The second-order valence-corrected chi connectivity index (χ2v) is 5.86. The second kappa shape index (κ2) is 7.69. The van der Waals surface area contributed by atoms with Gasteiger partial charge in [0.05, 0.1) is 5.02 Å². The molecular weight excluding hydrogens is 305 g/mol. The molecule has 2 rings (SSSR count). The minimum Gasteiger partial charge on any atom is -0.487 e. The lowest BCUT2D eigenvalue weighted by Crippen LogP contribution is -2.21. The van der Waals surface area contributed by atoms with Crippen LogP contribution in [-0.2, 0) is 13.0 Å². The molecule has 112 valence electrons. The third kappa shape index (κ3) is 4.63. The zero-order chi connectivity index (χ0) is 15.2. The molecule has 2 nitrogen and oxygen atoms in total. The number of ether oxygens (including phenoxy) is 1. The van der Waals surface area contributed by atoms with E-state index in [9.17, 15) is 0 Å². The minimum atomic E-state index is 0.108. The van der Waals surface area contributed by atoms with Gasteiger partial charge in [0.2, 0.25) is 0 Å². The first-order chi connectivity index (χ1) is 10.1. The second-order valence-electron chi connectivity index (χ2n) is 5.02. The molecule has 0 bridgehead atoms. The van der Waals surface area contributed by atoms with E-state index in [1.165, 1.54) is 0 Å². The summed E-state index contributed by atoms with van der Waals surface area (Å²) in [6, 6.07) is 13.5. The average molecular weight is 324 g/mol. The Morgan fingerprint density at radius 3 is 2.62 bits per heavy atom. The summed E-state index contributed by atoms with van der Waals surface area (Å²) >= 11 is 12.2. The van der Waals surface area contributed by atoms with Crippen LogP contribution < -0.4 is 10.5 Å². The number of nitrogens with two attached hydrogens (primary N) is 1. The lowest BCUT2D eigenvalue weighted by molar-refractivity contribution is 0.302. The van der Waals surface area contributed by atoms with Crippen molar-refractivity contribution < 1.29 is 4.74 Å². The van der Waals surface area contributed by atoms with Gasteiger partial charge in [0.25, 0.3) is 0 Å². The van der Waals surface area contributed by atoms with E-state index in [0.717, 1.165) is 24.0 Å². The van der Waals surface area contributed by atoms with Crippen LogP contribution in [-0.4, -0.2) is 6.04 Å². The van der Waals surface area contributed by atoms with Crippen molar-refractivity contribution in [3.63, 3.8) is 0 Å². The number of hydrogen-bond donors (Lipinski definition) is 1. The lowest BCUT2D eigenvalue weighted by Gasteiger charge is -2.16. The molecule has 0 aliphatic rings. The smallest absolute Gasteiger partial charge is 0.141 e. The first-order valence-corrected chi connectivity index (χ1v) is 7.76. The Morgan fingerprint density at radius 2 is 1.90 bits per heavy atom. The lowest BCUT2D eigenvalue weighted by atomic mass is 10.0. The van der Waals surface area contributed by atoms with Gasteiger partial charge < -0.3 is 10.5 Å². The summed E-state index contributed by atoms with van der Waals surface area (Å²) in [6.07, 6.45) is 1.67. The fourth-order valence-corrected chi connectivity index (χ4v) is 2.55. The highest BCUT2D eigenvalue weighted by Crippen LogP contribution is 2.30. The van der Waals surface area contributed by atoms with Crippen molar-refractivity contribution in [1.82, 2.24) is 0 Å². The van der Waals surface area contributed by atoms with Crippen molar-refractivity contribution in [2.75, 3.05) is 0 Å². The zero-order valence-corrected chi connectivity index (χ0v) is 13.5. The average Bonchev–Trinajstić information content (AvgIpc) is 2.46. The molecule has 2 aromatic carbocycles. The van der Waals surface area contributed by atoms with Crippen LogP contribution in [0.25, 0.3) is 0 Å². The quantitative estimate of drug-likeness (QED) is 0.824. The molecule has 0 radical (unpaired) electrons. The number of rotatable bonds is 6. The first kappa shape index (κ1) is 16.2. The Hall–Kier alpha value is -1.22. The largest absolute Gasteiger partial charge is 0.487 e. The minimum absolute atomic E-state index is 0.108. The third-order valence-electron chi connectivity index (χ3n) is 3.33. The molecule has 4 heteroatoms. The molecule has 0 heterocycles. The highest BCUT2D eigenvalue weighted by molar-refractivity contribution is 6.32. The van der Waals surface area contributed by atoms with Crippen molar-refractivity contribution in [3.05, 3.63) is 63.6 Å². The number of hydrogen-bond acceptors (Lipinski definition) is 2. The summed E-state index contributed by atoms with van der Waals surface area (Å²) in [6.45, 7) is 2.50. The Labute approximate surface area is 135 Å². The van der Waals surface area contributed by atoms with Crippen LogP contribution in [0.1, 0.15) is 24.5 Å². The monoisotopic (exact) mass is 323 g/mol. The SMILES string of the molecule is CCC(N)Cc1cccc(Cl)c1OCc1cccc(Cl)c1. The van der Waals surface area contributed by atoms with Gasteiger partial charge in [-0.05, 0) is 42.2 Å². The van der Waals surface area contributed by atoms with Gasteiger partial charge in [-0.3, -0.25) is 0 Å². The summed E-state index contributed by atoms with van der Waals surface area (Å²) in [5, 5.41) is 1.31. The summed E-state index contributed by atoms with van der Waals surface area (Å²) in [5.74, 6) is 0.711. The van der Waals surface area contributed by atoms with E-state index in [1.54, 1.807) is 0 Å². The number of para-hydroxylation sites is 1. The topological polar surface area (TPSA) is 35.2 Å². The van der Waals surface area contributed by atoms with Crippen molar-refractivity contribution in [3.8, 4) is 5.75 Å². The maximum atomic E-state index is 6.26. The summed E-state index contributed by atoms with van der Waals surface area (Å²) in [7, 11) is 0. The van der Waals surface area contributed by atoms with Crippen LogP contribution in [0.3, 0.4) is 0 Å². The van der Waals surface area contributed by atoms with E-state index >= 15 is 0 Å². The van der Waals surface area contributed by atoms with Crippen LogP contribution >= 0.6 is 23.2 Å². The van der Waals surface area contributed by atoms with Gasteiger partial charge in [0.15, 0.2) is 0 Å². The van der Waals surface area contributed by atoms with Gasteiger partial charge >= 0.3 is 0 Å². The van der Waals surface area contributed by atoms with Crippen LogP contribution in [0.4, 0.5) is 0 Å². The highest BCUT2D eigenvalue weighted by atomic mass is 35.5. The Balaban J connectivity index is 2.15. The summed E-state index contributed by atoms with van der Waals surface area (Å²) < 4.78 is 5.91. The third-order valence-corrected chi connectivity index (χ3v) is 3.86. The van der Waals surface area contributed by atoms with Crippen molar-refractivity contribution in [1.29, 1.82) is 0 Å². The van der Waals surface area contributed by atoms with Crippen LogP contribution in [0, 0.1) is 0 Å². The van der Waals surface area contributed by atoms with Crippen molar-refractivity contribution in [2.24, 2.45) is 5.73 Å². The molecule has 1 unspecified atom stereocenters. The zero-order valence-electron chi connectivity index (χ0n) is 12.0. The first-order valence-electron chi connectivity index (χ1n) is 7.00. The van der Waals surface area contributed by atoms with E-state index in [-0.39, 0.29) is 6.04 Å². The van der Waals surface area contributed by atoms with Crippen molar-refractivity contribution >= 4 is 23.2 Å². The molecule has 1 atom stereocenters. The van der Waals surface area contributed by atoms with E-state index in [2.05, 4.69) is 6.92 Å². The summed E-state index contributed by atoms with van der Waals surface area (Å²) in [5.41, 5.74) is 8.08. The maximum Gasteiger partial charge on any atom is 0.141 e. The van der Waals surface area contributed by atoms with Gasteiger partial charge in [-0.1, -0.05) is 54.4 Å². The highest BCUT2D eigenvalue weighted by Gasteiger charge is 2.11. The number of halogens is 2. The summed E-state index contributed by atoms with van der Waals surface area (Å²) in [4.78, 5) is 0. The van der Waals surface area contributed by atoms with Gasteiger partial charge in [-0.2, -0.15) is 0 Å². The van der Waals surface area contributed by atoms with E-state index in [0.29, 0.717) is 22.4 Å². The van der Waals surface area contributed by atoms with E-state index in [4.69, 9.17) is 33.7 Å². The molecular formula is C17H19Cl2NO. The molecule has 0 aromatic heterocycles. The Morgan fingerprint density at radius 1 is 1.14 bits per heavy atom. The molecule has 0 saturated heterocycles. The molecule has 0 saturated carbocycles. The maximum absolute atomic E-state index is 6.26. The van der Waals surface area contributed by atoms with Crippen LogP contribution in [0.5, 0.6) is 5.75 Å². The normalized spacial score (nSPS) is 12.2. The fraction of sp³-hybridized carbons (Fsp3) is 0.294.